The molecule has 16 heavy (non-hydrogen) atoms. The lowest BCUT2D eigenvalue weighted by atomic mass is 10.3. The molecule has 1 fully saturated rings. The minimum Gasteiger partial charge on any atom is -0.314 e. The van der Waals surface area contributed by atoms with Crippen molar-refractivity contribution in [2.45, 2.75) is 17.9 Å². The van der Waals surface area contributed by atoms with E-state index < -0.39 is 10.0 Å². The van der Waals surface area contributed by atoms with Gasteiger partial charge in [-0.1, -0.05) is 18.2 Å². The molecule has 1 aromatic rings. The van der Waals surface area contributed by atoms with Crippen LogP contribution in [0.25, 0.3) is 0 Å². The van der Waals surface area contributed by atoms with E-state index in [1.54, 1.807) is 28.6 Å². The maximum Gasteiger partial charge on any atom is 0.243 e. The number of piperazine rings is 1. The van der Waals surface area contributed by atoms with E-state index in [1.807, 2.05) is 13.0 Å². The molecule has 1 atom stereocenters. The maximum absolute atomic E-state index is 12.3. The van der Waals surface area contributed by atoms with Gasteiger partial charge in [0.15, 0.2) is 0 Å². The van der Waals surface area contributed by atoms with Gasteiger partial charge in [-0.25, -0.2) is 8.42 Å². The minimum atomic E-state index is -3.32. The minimum absolute atomic E-state index is 0.0129. The number of sulfonamides is 1. The van der Waals surface area contributed by atoms with Gasteiger partial charge in [0.2, 0.25) is 10.0 Å². The molecule has 88 valence electrons. The predicted molar refractivity (Wildman–Crippen MR) is 62.7 cm³/mol. The Hall–Kier alpha value is -0.910. The summed E-state index contributed by atoms with van der Waals surface area (Å²) in [6.07, 6.45) is 0. The summed E-state index contributed by atoms with van der Waals surface area (Å²) < 4.78 is 26.2. The zero-order chi connectivity index (χ0) is 11.6. The molecule has 0 amide bonds. The molecule has 1 saturated heterocycles. The van der Waals surface area contributed by atoms with Gasteiger partial charge in [-0.05, 0) is 19.1 Å². The fourth-order valence-electron chi connectivity index (χ4n) is 1.91. The summed E-state index contributed by atoms with van der Waals surface area (Å²) in [4.78, 5) is 0.378. The van der Waals surface area contributed by atoms with Crippen molar-refractivity contribution in [3.8, 4) is 0 Å². The standard InChI is InChI=1S/C11H16N2O2S/c1-10-9-12-7-8-13(10)16(14,15)11-5-3-2-4-6-11/h2-6,10,12H,7-9H2,1H3/t10-/m1/s1. The van der Waals surface area contributed by atoms with Crippen molar-refractivity contribution in [1.29, 1.82) is 0 Å². The van der Waals surface area contributed by atoms with Gasteiger partial charge in [0.25, 0.3) is 0 Å². The molecule has 0 saturated carbocycles. The third kappa shape index (κ3) is 2.11. The summed E-state index contributed by atoms with van der Waals surface area (Å²) in [5, 5.41) is 3.18. The van der Waals surface area contributed by atoms with Crippen LogP contribution in [0.3, 0.4) is 0 Å². The van der Waals surface area contributed by atoms with Crippen molar-refractivity contribution in [2.24, 2.45) is 0 Å². The Morgan fingerprint density at radius 1 is 1.31 bits per heavy atom. The molecule has 0 bridgehead atoms. The van der Waals surface area contributed by atoms with Crippen LogP contribution in [0.15, 0.2) is 35.2 Å². The highest BCUT2D eigenvalue weighted by atomic mass is 32.2. The third-order valence-corrected chi connectivity index (χ3v) is 4.82. The van der Waals surface area contributed by atoms with Crippen LogP contribution >= 0.6 is 0 Å². The molecule has 1 aliphatic rings. The average molecular weight is 240 g/mol. The van der Waals surface area contributed by atoms with E-state index in [-0.39, 0.29) is 6.04 Å². The number of benzene rings is 1. The molecule has 0 spiro atoms. The number of hydrogen-bond acceptors (Lipinski definition) is 3. The summed E-state index contributed by atoms with van der Waals surface area (Å²) in [6, 6.07) is 8.62. The predicted octanol–water partition coefficient (Wildman–Crippen LogP) is 0.669. The molecule has 5 heteroatoms. The summed E-state index contributed by atoms with van der Waals surface area (Å²) >= 11 is 0. The lowest BCUT2D eigenvalue weighted by Crippen LogP contribution is -2.52. The van der Waals surface area contributed by atoms with Crippen molar-refractivity contribution in [1.82, 2.24) is 9.62 Å². The first-order chi connectivity index (χ1) is 7.62. The second-order valence-electron chi connectivity index (χ2n) is 3.98. The van der Waals surface area contributed by atoms with Crippen LogP contribution < -0.4 is 5.32 Å². The van der Waals surface area contributed by atoms with Crippen LogP contribution in [0.1, 0.15) is 6.92 Å². The van der Waals surface area contributed by atoms with Crippen molar-refractivity contribution >= 4 is 10.0 Å². The molecule has 2 rings (SSSR count). The molecule has 1 heterocycles. The fourth-order valence-corrected chi connectivity index (χ4v) is 3.56. The summed E-state index contributed by atoms with van der Waals surface area (Å²) in [5.74, 6) is 0. The van der Waals surface area contributed by atoms with Gasteiger partial charge in [0, 0.05) is 25.7 Å². The van der Waals surface area contributed by atoms with Gasteiger partial charge >= 0.3 is 0 Å². The Balaban J connectivity index is 2.32. The van der Waals surface area contributed by atoms with Crippen molar-refractivity contribution < 1.29 is 8.42 Å². The number of rotatable bonds is 2. The monoisotopic (exact) mass is 240 g/mol. The van der Waals surface area contributed by atoms with Crippen LogP contribution in [-0.2, 0) is 10.0 Å². The van der Waals surface area contributed by atoms with Crippen molar-refractivity contribution in [2.75, 3.05) is 19.6 Å². The van der Waals surface area contributed by atoms with Crippen LogP contribution in [0.5, 0.6) is 0 Å². The normalized spacial score (nSPS) is 23.2. The lowest BCUT2D eigenvalue weighted by molar-refractivity contribution is 0.284. The molecular formula is C11H16N2O2S. The summed E-state index contributed by atoms with van der Waals surface area (Å²) in [5.41, 5.74) is 0. The van der Waals surface area contributed by atoms with E-state index in [9.17, 15) is 8.42 Å². The van der Waals surface area contributed by atoms with Crippen LogP contribution in [0.2, 0.25) is 0 Å². The SMILES string of the molecule is C[C@@H]1CNCCN1S(=O)(=O)c1ccccc1. The van der Waals surface area contributed by atoms with E-state index in [1.165, 1.54) is 0 Å². The largest absolute Gasteiger partial charge is 0.314 e. The zero-order valence-electron chi connectivity index (χ0n) is 9.26. The van der Waals surface area contributed by atoms with E-state index in [4.69, 9.17) is 0 Å². The first kappa shape index (κ1) is 11.6. The van der Waals surface area contributed by atoms with Crippen molar-refractivity contribution in [3.63, 3.8) is 0 Å². The van der Waals surface area contributed by atoms with Gasteiger partial charge in [-0.2, -0.15) is 4.31 Å². The first-order valence-corrected chi connectivity index (χ1v) is 6.84. The Bertz CT molecular complexity index is 444. The number of nitrogens with one attached hydrogen (secondary N) is 1. The number of nitrogens with zero attached hydrogens (tertiary/aromatic N) is 1. The Morgan fingerprint density at radius 2 is 2.00 bits per heavy atom. The lowest BCUT2D eigenvalue weighted by Gasteiger charge is -2.32. The van der Waals surface area contributed by atoms with E-state index >= 15 is 0 Å². The van der Waals surface area contributed by atoms with Gasteiger partial charge in [0.05, 0.1) is 4.90 Å². The molecule has 0 unspecified atom stereocenters. The van der Waals surface area contributed by atoms with E-state index in [0.29, 0.717) is 18.0 Å². The van der Waals surface area contributed by atoms with Gasteiger partial charge < -0.3 is 5.32 Å². The molecule has 4 nitrogen and oxygen atoms in total. The van der Waals surface area contributed by atoms with Gasteiger partial charge in [-0.3, -0.25) is 0 Å². The Labute approximate surface area is 96.3 Å². The average Bonchev–Trinajstić information content (AvgIpc) is 2.30. The van der Waals surface area contributed by atoms with Crippen molar-refractivity contribution in [3.05, 3.63) is 30.3 Å². The molecule has 1 N–H and O–H groups in total. The van der Waals surface area contributed by atoms with E-state index in [0.717, 1.165) is 6.54 Å². The molecule has 1 aromatic carbocycles. The fraction of sp³-hybridized carbons (Fsp3) is 0.455. The second-order valence-corrected chi connectivity index (χ2v) is 5.87. The molecule has 0 aliphatic carbocycles. The number of hydrogen-bond donors (Lipinski definition) is 1. The topological polar surface area (TPSA) is 49.4 Å². The first-order valence-electron chi connectivity index (χ1n) is 5.40. The quantitative estimate of drug-likeness (QED) is 0.826. The molecule has 0 aromatic heterocycles. The maximum atomic E-state index is 12.3. The van der Waals surface area contributed by atoms with Crippen LogP contribution in [0.4, 0.5) is 0 Å². The van der Waals surface area contributed by atoms with Crippen LogP contribution in [0, 0.1) is 0 Å². The van der Waals surface area contributed by atoms with Gasteiger partial charge in [-0.15, -0.1) is 0 Å². The highest BCUT2D eigenvalue weighted by Crippen LogP contribution is 2.18. The second kappa shape index (κ2) is 4.53. The molecule has 1 aliphatic heterocycles. The highest BCUT2D eigenvalue weighted by molar-refractivity contribution is 7.89. The molecular weight excluding hydrogens is 224 g/mol. The summed E-state index contributed by atoms with van der Waals surface area (Å²) in [7, 11) is -3.32. The smallest absolute Gasteiger partial charge is 0.243 e. The Kier molecular flexibility index (Phi) is 3.28. The molecule has 0 radical (unpaired) electrons. The van der Waals surface area contributed by atoms with Gasteiger partial charge in [0.1, 0.15) is 0 Å². The summed E-state index contributed by atoms with van der Waals surface area (Å²) in [6.45, 7) is 3.90. The Morgan fingerprint density at radius 3 is 2.62 bits per heavy atom. The third-order valence-electron chi connectivity index (χ3n) is 2.79. The van der Waals surface area contributed by atoms with E-state index in [2.05, 4.69) is 5.32 Å². The highest BCUT2D eigenvalue weighted by Gasteiger charge is 2.30. The van der Waals surface area contributed by atoms with Crippen LogP contribution in [-0.4, -0.2) is 38.4 Å². The zero-order valence-corrected chi connectivity index (χ0v) is 10.1.